The molecule has 100 valence electrons. The molecule has 0 bridgehead atoms. The van der Waals surface area contributed by atoms with E-state index in [2.05, 4.69) is 5.32 Å². The van der Waals surface area contributed by atoms with Crippen LogP contribution in [0.1, 0.15) is 44.2 Å². The van der Waals surface area contributed by atoms with E-state index in [1.807, 2.05) is 6.92 Å². The second-order valence-corrected chi connectivity index (χ2v) is 5.12. The van der Waals surface area contributed by atoms with Gasteiger partial charge in [-0.05, 0) is 44.4 Å². The van der Waals surface area contributed by atoms with E-state index in [1.165, 1.54) is 31.7 Å². The summed E-state index contributed by atoms with van der Waals surface area (Å²) in [6.45, 7) is 2.92. The van der Waals surface area contributed by atoms with E-state index >= 15 is 0 Å². The lowest BCUT2D eigenvalue weighted by Crippen LogP contribution is -2.21. The Hall–Kier alpha value is -1.09. The van der Waals surface area contributed by atoms with Crippen LogP contribution in [0.4, 0.5) is 4.39 Å². The summed E-state index contributed by atoms with van der Waals surface area (Å²) in [5.74, 6) is 1.39. The van der Waals surface area contributed by atoms with Crippen molar-refractivity contribution in [3.05, 3.63) is 29.6 Å². The van der Waals surface area contributed by atoms with Crippen molar-refractivity contribution in [2.24, 2.45) is 5.92 Å². The maximum Gasteiger partial charge on any atom is 0.131 e. The number of rotatable bonds is 7. The molecular formula is C15H22FNO. The smallest absolute Gasteiger partial charge is 0.131 e. The zero-order valence-corrected chi connectivity index (χ0v) is 11.2. The molecule has 1 saturated carbocycles. The predicted molar refractivity (Wildman–Crippen MR) is 71.3 cm³/mol. The van der Waals surface area contributed by atoms with Gasteiger partial charge in [-0.25, -0.2) is 4.39 Å². The molecule has 1 atom stereocenters. The van der Waals surface area contributed by atoms with E-state index < -0.39 is 0 Å². The van der Waals surface area contributed by atoms with Crippen molar-refractivity contribution in [1.29, 1.82) is 0 Å². The van der Waals surface area contributed by atoms with Crippen molar-refractivity contribution in [3.63, 3.8) is 0 Å². The highest BCUT2D eigenvalue weighted by molar-refractivity contribution is 5.36. The van der Waals surface area contributed by atoms with Crippen molar-refractivity contribution < 1.29 is 9.13 Å². The van der Waals surface area contributed by atoms with Crippen LogP contribution in [-0.2, 0) is 0 Å². The van der Waals surface area contributed by atoms with Gasteiger partial charge >= 0.3 is 0 Å². The molecular weight excluding hydrogens is 229 g/mol. The standard InChI is InChI=1S/C15H22FNO/c1-11(17-10-4-5-12-8-9-12)15-13(16)6-3-7-14(15)18-2/h3,6-7,11-12,17H,4-5,8-10H2,1-2H3. The first-order valence-electron chi connectivity index (χ1n) is 6.78. The minimum atomic E-state index is -0.198. The third-order valence-electron chi connectivity index (χ3n) is 3.60. The van der Waals surface area contributed by atoms with Gasteiger partial charge in [0.15, 0.2) is 0 Å². The minimum Gasteiger partial charge on any atom is -0.496 e. The third-order valence-corrected chi connectivity index (χ3v) is 3.60. The molecule has 2 rings (SSSR count). The van der Waals surface area contributed by atoms with Crippen molar-refractivity contribution >= 4 is 0 Å². The molecule has 1 aliphatic carbocycles. The SMILES string of the molecule is COc1cccc(F)c1C(C)NCCCC1CC1. The Bertz CT molecular complexity index is 390. The first-order valence-corrected chi connectivity index (χ1v) is 6.78. The summed E-state index contributed by atoms with van der Waals surface area (Å²) < 4.78 is 19.0. The number of hydrogen-bond donors (Lipinski definition) is 1. The van der Waals surface area contributed by atoms with Crippen molar-refractivity contribution in [2.75, 3.05) is 13.7 Å². The molecule has 0 aromatic heterocycles. The predicted octanol–water partition coefficient (Wildman–Crippen LogP) is 3.68. The van der Waals surface area contributed by atoms with E-state index in [4.69, 9.17) is 4.74 Å². The fourth-order valence-electron chi connectivity index (χ4n) is 2.33. The van der Waals surface area contributed by atoms with Crippen molar-refractivity contribution in [3.8, 4) is 5.75 Å². The first-order chi connectivity index (χ1) is 8.72. The quantitative estimate of drug-likeness (QED) is 0.746. The van der Waals surface area contributed by atoms with Gasteiger partial charge in [0.2, 0.25) is 0 Å². The van der Waals surface area contributed by atoms with Gasteiger partial charge in [0, 0.05) is 11.6 Å². The summed E-state index contributed by atoms with van der Waals surface area (Å²) in [5, 5.41) is 3.38. The zero-order valence-electron chi connectivity index (χ0n) is 11.2. The molecule has 1 aliphatic rings. The number of hydrogen-bond acceptors (Lipinski definition) is 2. The lowest BCUT2D eigenvalue weighted by atomic mass is 10.1. The van der Waals surface area contributed by atoms with E-state index in [0.717, 1.165) is 12.5 Å². The molecule has 1 unspecified atom stereocenters. The highest BCUT2D eigenvalue weighted by atomic mass is 19.1. The van der Waals surface area contributed by atoms with Crippen LogP contribution in [0.3, 0.4) is 0 Å². The molecule has 1 aromatic rings. The monoisotopic (exact) mass is 251 g/mol. The van der Waals surface area contributed by atoms with Crippen LogP contribution in [0.25, 0.3) is 0 Å². The maximum absolute atomic E-state index is 13.8. The Balaban J connectivity index is 1.88. The topological polar surface area (TPSA) is 21.3 Å². The summed E-state index contributed by atoms with van der Waals surface area (Å²) >= 11 is 0. The number of halogens is 1. The lowest BCUT2D eigenvalue weighted by Gasteiger charge is -2.18. The molecule has 0 radical (unpaired) electrons. The number of nitrogens with one attached hydrogen (secondary N) is 1. The van der Waals surface area contributed by atoms with Gasteiger partial charge in [-0.15, -0.1) is 0 Å². The lowest BCUT2D eigenvalue weighted by molar-refractivity contribution is 0.393. The Labute approximate surface area is 109 Å². The minimum absolute atomic E-state index is 0.0136. The Morgan fingerprint density at radius 1 is 1.44 bits per heavy atom. The van der Waals surface area contributed by atoms with Crippen LogP contribution >= 0.6 is 0 Å². The molecule has 0 aliphatic heterocycles. The van der Waals surface area contributed by atoms with Crippen molar-refractivity contribution in [2.45, 2.75) is 38.6 Å². The number of methoxy groups -OCH3 is 1. The van der Waals surface area contributed by atoms with Gasteiger partial charge in [-0.1, -0.05) is 18.9 Å². The molecule has 0 heterocycles. The van der Waals surface area contributed by atoms with Gasteiger partial charge in [-0.2, -0.15) is 0 Å². The van der Waals surface area contributed by atoms with Crippen LogP contribution in [0.5, 0.6) is 5.75 Å². The van der Waals surface area contributed by atoms with E-state index in [9.17, 15) is 4.39 Å². The highest BCUT2D eigenvalue weighted by Gasteiger charge is 2.20. The molecule has 0 spiro atoms. The van der Waals surface area contributed by atoms with Gasteiger partial charge in [0.1, 0.15) is 11.6 Å². The summed E-state index contributed by atoms with van der Waals surface area (Å²) in [4.78, 5) is 0. The third kappa shape index (κ3) is 3.45. The molecule has 18 heavy (non-hydrogen) atoms. The second-order valence-electron chi connectivity index (χ2n) is 5.12. The molecule has 3 heteroatoms. The van der Waals surface area contributed by atoms with E-state index in [1.54, 1.807) is 19.2 Å². The largest absolute Gasteiger partial charge is 0.496 e. The van der Waals surface area contributed by atoms with Gasteiger partial charge < -0.3 is 10.1 Å². The highest BCUT2D eigenvalue weighted by Crippen LogP contribution is 2.33. The van der Waals surface area contributed by atoms with Crippen LogP contribution < -0.4 is 10.1 Å². The second kappa shape index (κ2) is 6.19. The van der Waals surface area contributed by atoms with E-state index in [0.29, 0.717) is 11.3 Å². The molecule has 0 amide bonds. The Morgan fingerprint density at radius 3 is 2.89 bits per heavy atom. The summed E-state index contributed by atoms with van der Waals surface area (Å²) in [6.07, 6.45) is 5.27. The average molecular weight is 251 g/mol. The van der Waals surface area contributed by atoms with Gasteiger partial charge in [-0.3, -0.25) is 0 Å². The van der Waals surface area contributed by atoms with Crippen molar-refractivity contribution in [1.82, 2.24) is 5.32 Å². The number of benzene rings is 1. The van der Waals surface area contributed by atoms with Crippen LogP contribution in [-0.4, -0.2) is 13.7 Å². The maximum atomic E-state index is 13.8. The Kier molecular flexibility index (Phi) is 4.59. The summed E-state index contributed by atoms with van der Waals surface area (Å²) in [6, 6.07) is 4.96. The molecule has 0 saturated heterocycles. The number of ether oxygens (including phenoxy) is 1. The van der Waals surface area contributed by atoms with Crippen LogP contribution in [0, 0.1) is 11.7 Å². The Morgan fingerprint density at radius 2 is 2.22 bits per heavy atom. The molecule has 1 fully saturated rings. The average Bonchev–Trinajstić information content (AvgIpc) is 3.18. The van der Waals surface area contributed by atoms with Crippen LogP contribution in [0.15, 0.2) is 18.2 Å². The fraction of sp³-hybridized carbons (Fsp3) is 0.600. The van der Waals surface area contributed by atoms with Gasteiger partial charge in [0.05, 0.1) is 7.11 Å². The molecule has 1 aromatic carbocycles. The van der Waals surface area contributed by atoms with E-state index in [-0.39, 0.29) is 11.9 Å². The van der Waals surface area contributed by atoms with Crippen LogP contribution in [0.2, 0.25) is 0 Å². The first kappa shape index (κ1) is 13.3. The normalized spacial score (nSPS) is 16.6. The summed E-state index contributed by atoms with van der Waals surface area (Å²) in [5.41, 5.74) is 0.631. The summed E-state index contributed by atoms with van der Waals surface area (Å²) in [7, 11) is 1.58. The fourth-order valence-corrected chi connectivity index (χ4v) is 2.33. The zero-order chi connectivity index (χ0) is 13.0. The molecule has 2 nitrogen and oxygen atoms in total. The molecule has 1 N–H and O–H groups in total. The van der Waals surface area contributed by atoms with Gasteiger partial charge in [0.25, 0.3) is 0 Å².